The van der Waals surface area contributed by atoms with Crippen molar-refractivity contribution in [3.05, 3.63) is 103 Å². The number of anilines is 4. The van der Waals surface area contributed by atoms with Crippen LogP contribution < -0.4 is 16.0 Å². The minimum absolute atomic E-state index is 0.0497. The van der Waals surface area contributed by atoms with Crippen molar-refractivity contribution in [2.75, 3.05) is 16.0 Å². The van der Waals surface area contributed by atoms with E-state index in [1.165, 1.54) is 6.33 Å². The maximum atomic E-state index is 6.54. The minimum Gasteiger partial charge on any atom is -0.393 e. The normalized spacial score (nSPS) is 11.6. The minimum atomic E-state index is 0.0497. The molecular weight excluding hydrogens is 372 g/mol. The van der Waals surface area contributed by atoms with Gasteiger partial charge in [-0.3, -0.25) is 0 Å². The number of nitrogen functional groups attached to an aromatic ring is 1. The highest BCUT2D eigenvalue weighted by Crippen LogP contribution is 2.33. The van der Waals surface area contributed by atoms with Crippen molar-refractivity contribution >= 4 is 23.1 Å². The second kappa shape index (κ2) is 9.05. The maximum absolute atomic E-state index is 6.54. The average Bonchev–Trinajstić information content (AvgIpc) is 2.81. The van der Waals surface area contributed by atoms with E-state index in [9.17, 15) is 0 Å². The number of hydrogen-bond donors (Lipinski definition) is 2. The number of rotatable bonds is 7. The van der Waals surface area contributed by atoms with Gasteiger partial charge in [0.05, 0.1) is 12.6 Å². The standard InChI is InChI=1S/C24H24N6/c1-18(20-12-6-3-7-13-20)29-23-22(25)24(28-17-27-23)30(21-14-8-9-15-26-21)16-19-10-4-2-5-11-19/h2-15,17-18H,16,25H2,1H3,(H,27,28,29). The molecule has 2 heterocycles. The second-order valence-corrected chi connectivity index (χ2v) is 7.00. The van der Waals surface area contributed by atoms with Crippen LogP contribution >= 0.6 is 0 Å². The Hall–Kier alpha value is -3.93. The van der Waals surface area contributed by atoms with Crippen LogP contribution in [0.15, 0.2) is 91.4 Å². The SMILES string of the molecule is CC(Nc1ncnc(N(Cc2ccccc2)c2ccccn2)c1N)c1ccccc1. The zero-order chi connectivity index (χ0) is 20.8. The zero-order valence-corrected chi connectivity index (χ0v) is 16.8. The summed E-state index contributed by atoms with van der Waals surface area (Å²) in [5.41, 5.74) is 9.32. The number of aromatic nitrogens is 3. The van der Waals surface area contributed by atoms with Crippen LogP contribution in [0.5, 0.6) is 0 Å². The van der Waals surface area contributed by atoms with E-state index in [-0.39, 0.29) is 6.04 Å². The molecule has 0 radical (unpaired) electrons. The molecule has 0 saturated carbocycles. The molecule has 3 N–H and O–H groups in total. The molecule has 0 aliphatic rings. The highest BCUT2D eigenvalue weighted by Gasteiger charge is 2.19. The summed E-state index contributed by atoms with van der Waals surface area (Å²) >= 11 is 0. The third-order valence-electron chi connectivity index (χ3n) is 4.88. The molecule has 6 heteroatoms. The molecule has 4 aromatic rings. The fraction of sp³-hybridized carbons (Fsp3) is 0.125. The molecule has 150 valence electrons. The largest absolute Gasteiger partial charge is 0.393 e. The lowest BCUT2D eigenvalue weighted by molar-refractivity contribution is 0.867. The number of benzene rings is 2. The number of nitrogens with one attached hydrogen (secondary N) is 1. The molecule has 0 spiro atoms. The first-order chi connectivity index (χ1) is 14.7. The Morgan fingerprint density at radius 1 is 0.867 bits per heavy atom. The van der Waals surface area contributed by atoms with Gasteiger partial charge >= 0.3 is 0 Å². The maximum Gasteiger partial charge on any atom is 0.163 e. The summed E-state index contributed by atoms with van der Waals surface area (Å²) in [7, 11) is 0. The topological polar surface area (TPSA) is 80.0 Å². The molecule has 30 heavy (non-hydrogen) atoms. The van der Waals surface area contributed by atoms with Crippen molar-refractivity contribution in [3.63, 3.8) is 0 Å². The summed E-state index contributed by atoms with van der Waals surface area (Å²) in [6.45, 7) is 2.67. The van der Waals surface area contributed by atoms with E-state index >= 15 is 0 Å². The van der Waals surface area contributed by atoms with Gasteiger partial charge in [-0.25, -0.2) is 15.0 Å². The number of nitrogens with two attached hydrogens (primary N) is 1. The lowest BCUT2D eigenvalue weighted by Gasteiger charge is -2.25. The van der Waals surface area contributed by atoms with Crippen molar-refractivity contribution < 1.29 is 0 Å². The van der Waals surface area contributed by atoms with Gasteiger partial charge in [-0.15, -0.1) is 0 Å². The van der Waals surface area contributed by atoms with Crippen molar-refractivity contribution in [3.8, 4) is 0 Å². The van der Waals surface area contributed by atoms with Crippen LogP contribution in [0.25, 0.3) is 0 Å². The molecule has 0 saturated heterocycles. The quantitative estimate of drug-likeness (QED) is 0.459. The Kier molecular flexibility index (Phi) is 5.85. The molecule has 0 bridgehead atoms. The smallest absolute Gasteiger partial charge is 0.163 e. The van der Waals surface area contributed by atoms with Crippen molar-refractivity contribution in [2.24, 2.45) is 0 Å². The molecule has 0 aliphatic heterocycles. The number of hydrogen-bond acceptors (Lipinski definition) is 6. The van der Waals surface area contributed by atoms with Gasteiger partial charge in [-0.05, 0) is 30.2 Å². The van der Waals surface area contributed by atoms with Crippen molar-refractivity contribution in [1.82, 2.24) is 15.0 Å². The number of pyridine rings is 1. The molecule has 2 aromatic heterocycles. The summed E-state index contributed by atoms with van der Waals surface area (Å²) < 4.78 is 0. The Bertz CT molecular complexity index is 1070. The summed E-state index contributed by atoms with van der Waals surface area (Å²) in [6.07, 6.45) is 3.30. The molecular formula is C24H24N6. The molecule has 6 nitrogen and oxygen atoms in total. The van der Waals surface area contributed by atoms with E-state index in [0.29, 0.717) is 23.9 Å². The molecule has 1 atom stereocenters. The summed E-state index contributed by atoms with van der Waals surface area (Å²) in [5.74, 6) is 1.99. The van der Waals surface area contributed by atoms with E-state index in [1.807, 2.05) is 59.5 Å². The predicted octanol–water partition coefficient (Wildman–Crippen LogP) is 4.97. The highest BCUT2D eigenvalue weighted by molar-refractivity contribution is 5.78. The van der Waals surface area contributed by atoms with E-state index < -0.39 is 0 Å². The summed E-state index contributed by atoms with van der Waals surface area (Å²) in [4.78, 5) is 15.4. The van der Waals surface area contributed by atoms with E-state index in [4.69, 9.17) is 5.73 Å². The first-order valence-corrected chi connectivity index (χ1v) is 9.87. The van der Waals surface area contributed by atoms with Gasteiger partial charge < -0.3 is 16.0 Å². The van der Waals surface area contributed by atoms with Crippen LogP contribution in [0.2, 0.25) is 0 Å². The first-order valence-electron chi connectivity index (χ1n) is 9.87. The molecule has 4 rings (SSSR count). The van der Waals surface area contributed by atoms with Crippen LogP contribution in [0, 0.1) is 0 Å². The van der Waals surface area contributed by atoms with Gasteiger partial charge in [0.15, 0.2) is 11.6 Å². The van der Waals surface area contributed by atoms with Crippen LogP contribution in [-0.4, -0.2) is 15.0 Å². The Morgan fingerprint density at radius 2 is 1.57 bits per heavy atom. The van der Waals surface area contributed by atoms with Gasteiger partial charge in [0.1, 0.15) is 17.8 Å². The summed E-state index contributed by atoms with van der Waals surface area (Å²) in [6, 6.07) is 26.2. The fourth-order valence-corrected chi connectivity index (χ4v) is 3.29. The van der Waals surface area contributed by atoms with Crippen molar-refractivity contribution in [1.29, 1.82) is 0 Å². The van der Waals surface area contributed by atoms with E-state index in [0.717, 1.165) is 16.9 Å². The van der Waals surface area contributed by atoms with Crippen LogP contribution in [-0.2, 0) is 6.54 Å². The second-order valence-electron chi connectivity index (χ2n) is 7.00. The Balaban J connectivity index is 1.68. The third-order valence-corrected chi connectivity index (χ3v) is 4.88. The fourth-order valence-electron chi connectivity index (χ4n) is 3.29. The van der Waals surface area contributed by atoms with Crippen LogP contribution in [0.3, 0.4) is 0 Å². The summed E-state index contributed by atoms with van der Waals surface area (Å²) in [5, 5.41) is 3.41. The van der Waals surface area contributed by atoms with Gasteiger partial charge in [-0.2, -0.15) is 0 Å². The monoisotopic (exact) mass is 396 g/mol. The lowest BCUT2D eigenvalue weighted by atomic mass is 10.1. The predicted molar refractivity (Wildman–Crippen MR) is 121 cm³/mol. The van der Waals surface area contributed by atoms with Crippen LogP contribution in [0.4, 0.5) is 23.1 Å². The zero-order valence-electron chi connectivity index (χ0n) is 16.8. The molecule has 0 fully saturated rings. The van der Waals surface area contributed by atoms with Crippen molar-refractivity contribution in [2.45, 2.75) is 19.5 Å². The molecule has 1 unspecified atom stereocenters. The van der Waals surface area contributed by atoms with Gasteiger partial charge in [0.25, 0.3) is 0 Å². The highest BCUT2D eigenvalue weighted by atomic mass is 15.3. The van der Waals surface area contributed by atoms with Gasteiger partial charge in [0, 0.05) is 6.20 Å². The number of nitrogens with zero attached hydrogens (tertiary/aromatic N) is 4. The van der Waals surface area contributed by atoms with Gasteiger partial charge in [0.2, 0.25) is 0 Å². The lowest BCUT2D eigenvalue weighted by Crippen LogP contribution is -2.21. The Morgan fingerprint density at radius 3 is 2.27 bits per heavy atom. The molecule has 0 aliphatic carbocycles. The molecule has 2 aromatic carbocycles. The first kappa shape index (κ1) is 19.4. The third kappa shape index (κ3) is 4.38. The van der Waals surface area contributed by atoms with Gasteiger partial charge in [-0.1, -0.05) is 66.7 Å². The van der Waals surface area contributed by atoms with Crippen LogP contribution in [0.1, 0.15) is 24.1 Å². The Labute approximate surface area is 176 Å². The molecule has 0 amide bonds. The average molecular weight is 396 g/mol. The van der Waals surface area contributed by atoms with E-state index in [2.05, 4.69) is 51.5 Å². The van der Waals surface area contributed by atoms with E-state index in [1.54, 1.807) is 6.20 Å².